The largest absolute Gasteiger partial charge is 1.00 e. The first-order chi connectivity index (χ1) is 58.3. The molecule has 0 bridgehead atoms. The van der Waals surface area contributed by atoms with E-state index < -0.39 is 35.6 Å². The topological polar surface area (TPSA) is 475 Å². The molecule has 2 atom stereocenters. The second-order valence-electron chi connectivity index (χ2n) is 25.6. The third-order valence-corrected chi connectivity index (χ3v) is 20.1. The number of aryl methyl sites for hydroxylation is 6. The van der Waals surface area contributed by atoms with Crippen LogP contribution in [-0.2, 0) is 95.5 Å². The number of nitrogens with two attached hydrogens (primary N) is 1. The van der Waals surface area contributed by atoms with Crippen molar-refractivity contribution in [2.24, 2.45) is 5.73 Å². The van der Waals surface area contributed by atoms with Crippen LogP contribution < -0.4 is 148 Å². The summed E-state index contributed by atoms with van der Waals surface area (Å²) in [6.45, 7) is 23.1. The smallest absolute Gasteiger partial charge is 1.00 e. The van der Waals surface area contributed by atoms with Crippen LogP contribution >= 0.6 is 104 Å². The van der Waals surface area contributed by atoms with Crippen molar-refractivity contribution in [2.45, 2.75) is 127 Å². The molecule has 685 valence electrons. The Labute approximate surface area is 903 Å². The number of hydrogen-bond acceptors (Lipinski definition) is 28. The fourth-order valence-electron chi connectivity index (χ4n) is 9.80. The molecule has 0 aliphatic rings. The molecule has 3 radical (unpaired) electrons. The van der Waals surface area contributed by atoms with Gasteiger partial charge in [0.15, 0.2) is 11.9 Å². The number of Topliss-reactive ketones (excluding diaryl/α,β-unsaturated/α-hetero) is 2. The molecule has 129 heavy (non-hydrogen) atoms. The number of fused-ring (bicyclic) bond motifs is 3. The Balaban J connectivity index is -0.000000341. The van der Waals surface area contributed by atoms with E-state index in [4.69, 9.17) is 102 Å². The maximum atomic E-state index is 11.8. The van der Waals surface area contributed by atoms with Gasteiger partial charge in [-0.2, -0.15) is 8.42 Å². The molecule has 2 unspecified atom stereocenters. The molecule has 8 aromatic carbocycles. The molecule has 0 spiro atoms. The Morgan fingerprint density at radius 1 is 0.550 bits per heavy atom. The summed E-state index contributed by atoms with van der Waals surface area (Å²) in [5.74, 6) is 2.35. The first-order valence-corrected chi connectivity index (χ1v) is 42.5. The summed E-state index contributed by atoms with van der Waals surface area (Å²) in [6, 6.07) is 41.8. The fraction of sp³-hybridized carbons (Fsp3) is 0.279. The summed E-state index contributed by atoms with van der Waals surface area (Å²) in [5.41, 5.74) is 17.2. The summed E-state index contributed by atoms with van der Waals surface area (Å²) in [5, 5.41) is 56.2. The number of methoxy groups -OCH3 is 3. The van der Waals surface area contributed by atoms with Crippen LogP contribution in [0.3, 0.4) is 0 Å². The van der Waals surface area contributed by atoms with Gasteiger partial charge in [0.2, 0.25) is 0 Å². The van der Waals surface area contributed by atoms with E-state index in [0.29, 0.717) is 74.5 Å². The number of benzene rings is 8. The zero-order valence-electron chi connectivity index (χ0n) is 76.0. The van der Waals surface area contributed by atoms with Crippen molar-refractivity contribution < 1.29 is 262 Å². The molecule has 30 nitrogen and oxygen atoms in total. The summed E-state index contributed by atoms with van der Waals surface area (Å²) in [4.78, 5) is 88.8. The number of phenols is 2. The molecule has 3 heterocycles. The van der Waals surface area contributed by atoms with Crippen LogP contribution in [0.15, 0.2) is 181 Å². The molecule has 3 aromatic heterocycles. The maximum absolute atomic E-state index is 11.8. The average molecular weight is 2220 g/mol. The summed E-state index contributed by atoms with van der Waals surface area (Å²) in [6.07, 6.45) is -0.192. The van der Waals surface area contributed by atoms with E-state index in [-0.39, 0.29) is 218 Å². The number of hydrogen-bond donors (Lipinski definition) is 8. The average Bonchev–Trinajstić information content (AvgIpc) is 1.65. The number of carbonyl (C=O) groups excluding carboxylic acids is 8. The van der Waals surface area contributed by atoms with E-state index in [1.165, 1.54) is 53.4 Å². The van der Waals surface area contributed by atoms with Crippen molar-refractivity contribution in [1.82, 2.24) is 0 Å². The summed E-state index contributed by atoms with van der Waals surface area (Å²) in [7, 11) is -2.07. The van der Waals surface area contributed by atoms with Gasteiger partial charge in [-0.1, -0.05) is 60.7 Å². The van der Waals surface area contributed by atoms with Crippen molar-refractivity contribution in [2.75, 3.05) is 34.5 Å². The predicted octanol–water partition coefficient (Wildman–Crippen LogP) is 7.52. The number of halogens is 7. The van der Waals surface area contributed by atoms with Crippen molar-refractivity contribution in [3.05, 3.63) is 246 Å². The molecule has 9 N–H and O–H groups in total. The number of rotatable bonds is 20. The van der Waals surface area contributed by atoms with Gasteiger partial charge in [-0.25, -0.2) is 14.4 Å². The number of carbonyl (C=O) groups is 8. The molecule has 43 heteroatoms. The first kappa shape index (κ1) is 130. The van der Waals surface area contributed by atoms with E-state index in [1.54, 1.807) is 100 Å². The van der Waals surface area contributed by atoms with Crippen LogP contribution in [0.4, 0.5) is 0 Å². The van der Waals surface area contributed by atoms with Crippen LogP contribution in [0.2, 0.25) is 0 Å². The second-order valence-corrected chi connectivity index (χ2v) is 31.4. The number of esters is 5. The van der Waals surface area contributed by atoms with Gasteiger partial charge >= 0.3 is 169 Å². The van der Waals surface area contributed by atoms with Gasteiger partial charge in [-0.15, -0.1) is 24.0 Å². The van der Waals surface area contributed by atoms with Crippen molar-refractivity contribution in [1.29, 1.82) is 0 Å². The number of ketones is 2. The molecule has 11 aromatic rings. The van der Waals surface area contributed by atoms with Crippen molar-refractivity contribution >= 4 is 216 Å². The number of alkyl halides is 1. The standard InChI is InChI=1S/C21H21BrO4.C12H13BrO4.C12H11BrO3.C11H11BrO2.C10H12O3.C8H7BrO3.C7H10BNO2.C4H7ClO.CH2O3.B.ClH.2K.Li.H2O4S.2H/c1-4-24-20(23)11-16-7-5-6-8-19(16)25-12-15-9-17-13(2)14(3)26-21(17)18(22)10-15;1-7(14)8(2)17-11-5-4-9(6-10(11)13)12(15)16-3;1-6-7(2)16-11-9(6)4-8(5-10(11)13)12(14)15-3;1-6-7(2)14-11-9(6)3-8(5-13)4-10(11)12;1-2-13-10(12)7-8-5-3-4-6-9(8)11;1-12-8(11)5-2-3-7(10)6(9)4-5;9-5-6-2-1-3-7(4-6)8(10)11;1-3(5)4(2)6;2-1-4-3;;;;;;1-5(2,3)4;;/h5-10H,4,11-12H2,1-3H3;4-6,8H,1-3H3;4-5H,1-3H3;3-4,13H,5H2,1-2H3;3-6,11H,2,7H2,1H3;2-4,10H,1H3;1-4,10-11H,5,9H2;3H,1-2H3;1,3H;;1H;;;;(H2,1,2,3,4);;/q;;;;;;;;;;;3*+1;;2*-1/p-1. The third kappa shape index (κ3) is 46.9. The third-order valence-electron chi connectivity index (χ3n) is 16.7. The zero-order valence-corrected chi connectivity index (χ0v) is 90.5. The van der Waals surface area contributed by atoms with Crippen molar-refractivity contribution in [3.63, 3.8) is 0 Å². The molecule has 11 rings (SSSR count). The zero-order chi connectivity index (χ0) is 94.0. The number of phenolic OH excluding ortho intramolecular Hbond substituents is 2. The molecule has 0 aliphatic heterocycles. The number of para-hydroxylation sites is 2. The van der Waals surface area contributed by atoms with Gasteiger partial charge in [-0.05, 0) is 287 Å². The molecule has 0 aliphatic carbocycles. The molecule has 0 amide bonds. The minimum atomic E-state index is -4.67. The maximum Gasteiger partial charge on any atom is 1.00 e. The number of aromatic hydroxyl groups is 2. The molecular formula is C86H98B2Br5Cl2K2LiNO29S. The van der Waals surface area contributed by atoms with E-state index in [9.17, 15) is 38.7 Å². The Bertz CT molecular complexity index is 5540. The van der Waals surface area contributed by atoms with Crippen molar-refractivity contribution in [3.8, 4) is 23.0 Å². The number of aliphatic hydroxyl groups is 1. The fourth-order valence-corrected chi connectivity index (χ4v) is 12.4. The van der Waals surface area contributed by atoms with Crippen LogP contribution in [-0.4, -0.2) is 152 Å². The Hall–Kier alpha value is -5.61. The summed E-state index contributed by atoms with van der Waals surface area (Å²) < 4.78 is 87.2. The van der Waals surface area contributed by atoms with Crippen LogP contribution in [0.25, 0.3) is 32.9 Å². The Morgan fingerprint density at radius 2 is 0.946 bits per heavy atom. The Morgan fingerprint density at radius 3 is 1.35 bits per heavy atom. The van der Waals surface area contributed by atoms with Gasteiger partial charge in [0.1, 0.15) is 69.4 Å². The van der Waals surface area contributed by atoms with Gasteiger partial charge in [-0.3, -0.25) is 33.1 Å². The molecule has 0 fully saturated rings. The van der Waals surface area contributed by atoms with E-state index in [2.05, 4.69) is 100 Å². The number of furan rings is 3. The van der Waals surface area contributed by atoms with E-state index in [0.717, 1.165) is 103 Å². The predicted molar refractivity (Wildman–Crippen MR) is 497 cm³/mol. The van der Waals surface area contributed by atoms with Gasteiger partial charge in [0.05, 0.1) is 98.4 Å². The number of aliphatic hydroxyl groups excluding tert-OH is 1. The minimum absolute atomic E-state index is 0. The van der Waals surface area contributed by atoms with Gasteiger partial charge in [0.25, 0.3) is 6.47 Å². The first-order valence-electron chi connectivity index (χ1n) is 36.7. The van der Waals surface area contributed by atoms with Gasteiger partial charge < -0.3 is 90.5 Å². The summed E-state index contributed by atoms with van der Waals surface area (Å²) >= 11 is 22.0. The van der Waals surface area contributed by atoms with Gasteiger partial charge in [0, 0.05) is 42.2 Å². The second kappa shape index (κ2) is 67.6. The van der Waals surface area contributed by atoms with E-state index >= 15 is 0 Å². The Kier molecular flexibility index (Phi) is 67.9. The monoisotopic (exact) mass is 2210 g/mol. The van der Waals surface area contributed by atoms with Crippen LogP contribution in [0, 0.1) is 41.5 Å². The normalized spacial score (nSPS) is 10.2. The van der Waals surface area contributed by atoms with Crippen LogP contribution in [0.5, 0.6) is 23.0 Å². The SMILES string of the molecule is CC(=O)C(C)Cl.CCOC(=O)Cc1ccccc1O.CCOC(=O)Cc1ccccc1OCc1cc(Br)c2oc(C)c(C)c2c1.COC(=O)c1cc(Br)c2oc(C)c(C)c2c1.COC(=O)c1ccc(O)c(Br)c1.COC(=O)c1ccc(OC(C)C(C)=O)c(Br)c1.Cc1oc2c(Br)cc(CO)cc2c1C.Cl.NCc1cccc(B(O)O)c1.O=CO[O-].O=S(=O)(O)O.[B].[H-].[H-].[K+].[K+].[Li+]. The molecule has 0 saturated heterocycles. The van der Waals surface area contributed by atoms with E-state index in [1.807, 2.05) is 90.1 Å². The van der Waals surface area contributed by atoms with Crippen LogP contribution in [0.1, 0.15) is 137 Å². The molecule has 0 saturated carbocycles. The minimum Gasteiger partial charge on any atom is -1.00 e. The molecular weight excluding hydrogens is 2120 g/mol. The quantitative estimate of drug-likeness (QED) is 0.00534. The number of ether oxygens (including phenoxy) is 7.